The van der Waals surface area contributed by atoms with Gasteiger partial charge in [-0.25, -0.2) is 0 Å². The number of Topliss-reactive ketones (excluding diaryl/α,β-unsaturated/α-hetero) is 1. The van der Waals surface area contributed by atoms with Crippen molar-refractivity contribution in [2.45, 2.75) is 12.6 Å². The highest BCUT2D eigenvalue weighted by molar-refractivity contribution is 5.93. The maximum atomic E-state index is 12.0. The highest BCUT2D eigenvalue weighted by Crippen LogP contribution is 2.30. The Morgan fingerprint density at radius 1 is 1.43 bits per heavy atom. The average molecular weight is 207 g/mol. The van der Waals surface area contributed by atoms with Crippen LogP contribution in [0.2, 0.25) is 0 Å². The molecule has 78 valence electrons. The lowest BCUT2D eigenvalue weighted by atomic mass is 10.2. The fourth-order valence-corrected chi connectivity index (χ4v) is 0.894. The Bertz CT molecular complexity index is 330. The highest BCUT2D eigenvalue weighted by Gasteiger charge is 2.35. The van der Waals surface area contributed by atoms with Gasteiger partial charge in [-0.2, -0.15) is 13.2 Å². The van der Waals surface area contributed by atoms with E-state index in [4.69, 9.17) is 5.73 Å². The van der Waals surface area contributed by atoms with Crippen LogP contribution < -0.4 is 5.73 Å². The lowest BCUT2D eigenvalue weighted by Gasteiger charge is -2.00. The molecule has 0 aromatic carbocycles. The molecule has 0 saturated carbocycles. The summed E-state index contributed by atoms with van der Waals surface area (Å²) >= 11 is 0. The number of hydrogen-bond donors (Lipinski definition) is 1. The SMILES string of the molecule is NCCC(=O)c1ccc(C(F)(F)F)o1. The van der Waals surface area contributed by atoms with Crippen LogP contribution in [0.4, 0.5) is 13.2 Å². The van der Waals surface area contributed by atoms with Crippen LogP contribution in [0, 0.1) is 0 Å². The van der Waals surface area contributed by atoms with Gasteiger partial charge in [0.1, 0.15) is 0 Å². The van der Waals surface area contributed by atoms with Crippen molar-refractivity contribution in [3.8, 4) is 0 Å². The summed E-state index contributed by atoms with van der Waals surface area (Å²) in [6.07, 6.45) is -4.58. The number of ketones is 1. The van der Waals surface area contributed by atoms with Crippen molar-refractivity contribution < 1.29 is 22.4 Å². The zero-order valence-electron chi connectivity index (χ0n) is 7.10. The van der Waals surface area contributed by atoms with E-state index >= 15 is 0 Å². The first-order valence-corrected chi connectivity index (χ1v) is 3.85. The van der Waals surface area contributed by atoms with Gasteiger partial charge in [0.2, 0.25) is 5.76 Å². The second-order valence-corrected chi connectivity index (χ2v) is 2.62. The van der Waals surface area contributed by atoms with Gasteiger partial charge in [-0.1, -0.05) is 0 Å². The maximum Gasteiger partial charge on any atom is 0.449 e. The predicted octanol–water partition coefficient (Wildman–Crippen LogP) is 1.83. The Morgan fingerprint density at radius 2 is 2.07 bits per heavy atom. The molecule has 1 rings (SSSR count). The molecule has 0 aliphatic heterocycles. The zero-order valence-corrected chi connectivity index (χ0v) is 7.10. The van der Waals surface area contributed by atoms with Gasteiger partial charge < -0.3 is 10.2 Å². The highest BCUT2D eigenvalue weighted by atomic mass is 19.4. The summed E-state index contributed by atoms with van der Waals surface area (Å²) in [6.45, 7) is 0.0842. The Morgan fingerprint density at radius 3 is 2.50 bits per heavy atom. The summed E-state index contributed by atoms with van der Waals surface area (Å²) in [7, 11) is 0. The molecule has 0 radical (unpaired) electrons. The Balaban J connectivity index is 2.83. The van der Waals surface area contributed by atoms with Gasteiger partial charge in [-0.05, 0) is 18.7 Å². The minimum Gasteiger partial charge on any atom is -0.448 e. The molecular formula is C8H8F3NO2. The fraction of sp³-hybridized carbons (Fsp3) is 0.375. The molecule has 0 saturated heterocycles. The number of hydrogen-bond acceptors (Lipinski definition) is 3. The first-order valence-electron chi connectivity index (χ1n) is 3.85. The fourth-order valence-electron chi connectivity index (χ4n) is 0.894. The number of furan rings is 1. The van der Waals surface area contributed by atoms with Gasteiger partial charge in [0.15, 0.2) is 11.5 Å². The topological polar surface area (TPSA) is 56.2 Å². The van der Waals surface area contributed by atoms with E-state index in [1.165, 1.54) is 0 Å². The second kappa shape index (κ2) is 3.83. The molecule has 6 heteroatoms. The first kappa shape index (κ1) is 10.8. The van der Waals surface area contributed by atoms with E-state index in [1.54, 1.807) is 0 Å². The molecule has 0 fully saturated rings. The Hall–Kier alpha value is -1.30. The van der Waals surface area contributed by atoms with Crippen molar-refractivity contribution in [3.05, 3.63) is 23.7 Å². The molecule has 1 heterocycles. The predicted molar refractivity (Wildman–Crippen MR) is 41.7 cm³/mol. The number of carbonyl (C=O) groups is 1. The van der Waals surface area contributed by atoms with E-state index in [9.17, 15) is 18.0 Å². The number of halogens is 3. The van der Waals surface area contributed by atoms with Gasteiger partial charge >= 0.3 is 6.18 Å². The third-order valence-electron chi connectivity index (χ3n) is 1.53. The van der Waals surface area contributed by atoms with Crippen LogP contribution in [0.5, 0.6) is 0 Å². The van der Waals surface area contributed by atoms with Crippen LogP contribution in [-0.2, 0) is 6.18 Å². The van der Waals surface area contributed by atoms with Crippen molar-refractivity contribution >= 4 is 5.78 Å². The number of nitrogens with two attached hydrogens (primary N) is 1. The van der Waals surface area contributed by atoms with Gasteiger partial charge in [-0.3, -0.25) is 4.79 Å². The molecule has 0 unspecified atom stereocenters. The molecule has 0 amide bonds. The van der Waals surface area contributed by atoms with E-state index in [0.717, 1.165) is 12.1 Å². The quantitative estimate of drug-likeness (QED) is 0.769. The number of rotatable bonds is 3. The summed E-state index contributed by atoms with van der Waals surface area (Å²) in [5.74, 6) is -2.00. The van der Waals surface area contributed by atoms with E-state index in [-0.39, 0.29) is 18.7 Å². The molecule has 1 aromatic rings. The van der Waals surface area contributed by atoms with Crippen molar-refractivity contribution in [2.24, 2.45) is 5.73 Å². The molecule has 0 spiro atoms. The third kappa shape index (κ3) is 2.35. The minimum absolute atomic E-state index is 0.0230. The zero-order chi connectivity index (χ0) is 10.8. The monoisotopic (exact) mass is 207 g/mol. The first-order chi connectivity index (χ1) is 6.45. The normalized spacial score (nSPS) is 11.7. The average Bonchev–Trinajstić information content (AvgIpc) is 2.51. The summed E-state index contributed by atoms with van der Waals surface area (Å²) in [5, 5.41) is 0. The molecular weight excluding hydrogens is 199 g/mol. The largest absolute Gasteiger partial charge is 0.449 e. The van der Waals surface area contributed by atoms with Crippen LogP contribution >= 0.6 is 0 Å². The summed E-state index contributed by atoms with van der Waals surface area (Å²) in [5.41, 5.74) is 5.07. The molecule has 2 N–H and O–H groups in total. The maximum absolute atomic E-state index is 12.0. The minimum atomic E-state index is -4.55. The van der Waals surface area contributed by atoms with Crippen LogP contribution in [0.3, 0.4) is 0 Å². The van der Waals surface area contributed by atoms with Gasteiger partial charge in [0.25, 0.3) is 0 Å². The smallest absolute Gasteiger partial charge is 0.448 e. The Labute approximate surface area is 77.7 Å². The van der Waals surface area contributed by atoms with E-state index < -0.39 is 17.7 Å². The van der Waals surface area contributed by atoms with Crippen LogP contribution in [0.15, 0.2) is 16.5 Å². The molecule has 0 bridgehead atoms. The van der Waals surface area contributed by atoms with Crippen molar-refractivity contribution in [1.29, 1.82) is 0 Å². The van der Waals surface area contributed by atoms with E-state index in [2.05, 4.69) is 4.42 Å². The third-order valence-corrected chi connectivity index (χ3v) is 1.53. The second-order valence-electron chi connectivity index (χ2n) is 2.62. The number of alkyl halides is 3. The van der Waals surface area contributed by atoms with Gasteiger partial charge in [0, 0.05) is 6.42 Å². The van der Waals surface area contributed by atoms with Crippen molar-refractivity contribution in [3.63, 3.8) is 0 Å². The molecule has 14 heavy (non-hydrogen) atoms. The van der Waals surface area contributed by atoms with Crippen LogP contribution in [0.25, 0.3) is 0 Å². The van der Waals surface area contributed by atoms with Crippen LogP contribution in [0.1, 0.15) is 22.7 Å². The van der Waals surface area contributed by atoms with E-state index in [1.807, 2.05) is 0 Å². The summed E-state index contributed by atoms with van der Waals surface area (Å²) in [6, 6.07) is 1.73. The Kier molecular flexibility index (Phi) is 2.95. The van der Waals surface area contributed by atoms with Gasteiger partial charge in [0.05, 0.1) is 0 Å². The van der Waals surface area contributed by atoms with Crippen molar-refractivity contribution in [2.75, 3.05) is 6.54 Å². The summed E-state index contributed by atoms with van der Waals surface area (Å²) < 4.78 is 40.4. The molecule has 3 nitrogen and oxygen atoms in total. The van der Waals surface area contributed by atoms with Gasteiger partial charge in [-0.15, -0.1) is 0 Å². The lowest BCUT2D eigenvalue weighted by Crippen LogP contribution is -2.07. The lowest BCUT2D eigenvalue weighted by molar-refractivity contribution is -0.153. The molecule has 1 aromatic heterocycles. The molecule has 0 aliphatic carbocycles. The standard InChI is InChI=1S/C8H8F3NO2/c9-8(10,11)7-2-1-6(14-7)5(13)3-4-12/h1-2H,3-4,12H2. The molecule has 0 atom stereocenters. The summed E-state index contributed by atoms with van der Waals surface area (Å²) in [4.78, 5) is 11.0. The van der Waals surface area contributed by atoms with Crippen LogP contribution in [-0.4, -0.2) is 12.3 Å². The van der Waals surface area contributed by atoms with Crippen molar-refractivity contribution in [1.82, 2.24) is 0 Å². The molecule has 0 aliphatic rings. The van der Waals surface area contributed by atoms with E-state index in [0.29, 0.717) is 0 Å². The number of carbonyl (C=O) groups excluding carboxylic acids is 1.